The lowest BCUT2D eigenvalue weighted by molar-refractivity contribution is 0.0339. The first-order valence-electron chi connectivity index (χ1n) is 8.04. The zero-order valence-electron chi connectivity index (χ0n) is 13.1. The fraction of sp³-hybridized carbons (Fsp3) is 0.647. The summed E-state index contributed by atoms with van der Waals surface area (Å²) in [7, 11) is 0. The van der Waals surface area contributed by atoms with Crippen LogP contribution in [0.2, 0.25) is 0 Å². The Hall–Kier alpha value is -1.10. The number of nitrogens with one attached hydrogen (secondary N) is 1. The second-order valence-electron chi connectivity index (χ2n) is 6.17. The molecule has 1 N–H and O–H groups in total. The van der Waals surface area contributed by atoms with Gasteiger partial charge in [-0.2, -0.15) is 0 Å². The molecule has 2 heterocycles. The maximum atomic E-state index is 5.58. The molecule has 2 aliphatic rings. The molecular weight excluding hydrogens is 264 g/mol. The molecule has 2 unspecified atom stereocenters. The standard InChI is InChI=1S/C17H26N2O2/c1-13(12-19-6-9-20-10-7-19)18-14(2)15-3-4-17-16(11-15)5-8-21-17/h3-4,11,13-14,18H,5-10,12H2,1-2H3. The summed E-state index contributed by atoms with van der Waals surface area (Å²) in [6, 6.07) is 7.43. The fourth-order valence-corrected chi connectivity index (χ4v) is 3.22. The van der Waals surface area contributed by atoms with Gasteiger partial charge < -0.3 is 14.8 Å². The van der Waals surface area contributed by atoms with Crippen molar-refractivity contribution in [3.63, 3.8) is 0 Å². The van der Waals surface area contributed by atoms with Crippen LogP contribution in [0.4, 0.5) is 0 Å². The highest BCUT2D eigenvalue weighted by atomic mass is 16.5. The van der Waals surface area contributed by atoms with E-state index in [-0.39, 0.29) is 0 Å². The summed E-state index contributed by atoms with van der Waals surface area (Å²) in [4.78, 5) is 2.48. The minimum atomic E-state index is 0.368. The van der Waals surface area contributed by atoms with Crippen LogP contribution in [0.15, 0.2) is 18.2 Å². The van der Waals surface area contributed by atoms with E-state index in [1.54, 1.807) is 0 Å². The summed E-state index contributed by atoms with van der Waals surface area (Å²) in [5.41, 5.74) is 2.70. The quantitative estimate of drug-likeness (QED) is 0.899. The Morgan fingerprint density at radius 3 is 2.81 bits per heavy atom. The Bertz CT molecular complexity index is 472. The zero-order valence-corrected chi connectivity index (χ0v) is 13.1. The molecule has 0 radical (unpaired) electrons. The Morgan fingerprint density at radius 2 is 2.00 bits per heavy atom. The second-order valence-corrected chi connectivity index (χ2v) is 6.17. The number of ether oxygens (including phenoxy) is 2. The van der Waals surface area contributed by atoms with Crippen molar-refractivity contribution in [2.24, 2.45) is 0 Å². The molecule has 0 aliphatic carbocycles. The smallest absolute Gasteiger partial charge is 0.122 e. The maximum Gasteiger partial charge on any atom is 0.122 e. The summed E-state index contributed by atoms with van der Waals surface area (Å²) in [6.07, 6.45) is 1.04. The molecular formula is C17H26N2O2. The first-order valence-corrected chi connectivity index (χ1v) is 8.04. The van der Waals surface area contributed by atoms with Gasteiger partial charge in [0.25, 0.3) is 0 Å². The van der Waals surface area contributed by atoms with E-state index in [1.807, 2.05) is 0 Å². The topological polar surface area (TPSA) is 33.7 Å². The monoisotopic (exact) mass is 290 g/mol. The molecule has 0 bridgehead atoms. The minimum Gasteiger partial charge on any atom is -0.493 e. The lowest BCUT2D eigenvalue weighted by atomic mass is 10.0. The summed E-state index contributed by atoms with van der Waals surface area (Å²) in [6.45, 7) is 10.3. The normalized spacial score (nSPS) is 21.6. The lowest BCUT2D eigenvalue weighted by Crippen LogP contribution is -2.44. The van der Waals surface area contributed by atoms with Gasteiger partial charge in [0, 0.05) is 38.1 Å². The highest BCUT2D eigenvalue weighted by molar-refractivity contribution is 5.40. The van der Waals surface area contributed by atoms with E-state index in [0.717, 1.165) is 51.6 Å². The van der Waals surface area contributed by atoms with Gasteiger partial charge >= 0.3 is 0 Å². The van der Waals surface area contributed by atoms with Crippen molar-refractivity contribution in [1.29, 1.82) is 0 Å². The van der Waals surface area contributed by atoms with Gasteiger partial charge in [0.2, 0.25) is 0 Å². The highest BCUT2D eigenvalue weighted by Crippen LogP contribution is 2.28. The molecule has 0 aromatic heterocycles. The van der Waals surface area contributed by atoms with Crippen LogP contribution in [0.3, 0.4) is 0 Å². The number of hydrogen-bond acceptors (Lipinski definition) is 4. The number of benzene rings is 1. The Morgan fingerprint density at radius 1 is 1.19 bits per heavy atom. The molecule has 1 saturated heterocycles. The maximum absolute atomic E-state index is 5.58. The molecule has 1 aromatic rings. The molecule has 3 rings (SSSR count). The van der Waals surface area contributed by atoms with Crippen LogP contribution >= 0.6 is 0 Å². The Labute approximate surface area is 127 Å². The van der Waals surface area contributed by atoms with Gasteiger partial charge in [0.05, 0.1) is 19.8 Å². The van der Waals surface area contributed by atoms with Gasteiger partial charge in [-0.05, 0) is 31.0 Å². The molecule has 21 heavy (non-hydrogen) atoms. The third-order valence-corrected chi connectivity index (χ3v) is 4.38. The molecule has 0 spiro atoms. The molecule has 0 amide bonds. The highest BCUT2D eigenvalue weighted by Gasteiger charge is 2.18. The largest absolute Gasteiger partial charge is 0.493 e. The SMILES string of the molecule is CC(CN1CCOCC1)NC(C)c1ccc2c(c1)CCO2. The summed E-state index contributed by atoms with van der Waals surface area (Å²) < 4.78 is 11.0. The van der Waals surface area contributed by atoms with Crippen molar-refractivity contribution >= 4 is 0 Å². The van der Waals surface area contributed by atoms with Crippen molar-refractivity contribution in [2.45, 2.75) is 32.4 Å². The number of hydrogen-bond donors (Lipinski definition) is 1. The Kier molecular flexibility index (Phi) is 4.78. The Balaban J connectivity index is 1.54. The van der Waals surface area contributed by atoms with E-state index in [0.29, 0.717) is 12.1 Å². The van der Waals surface area contributed by atoms with Crippen LogP contribution in [0.25, 0.3) is 0 Å². The molecule has 4 nitrogen and oxygen atoms in total. The predicted octanol–water partition coefficient (Wildman–Crippen LogP) is 1.99. The van der Waals surface area contributed by atoms with Crippen LogP contribution in [-0.4, -0.2) is 50.4 Å². The van der Waals surface area contributed by atoms with Crippen LogP contribution < -0.4 is 10.1 Å². The molecule has 2 atom stereocenters. The van der Waals surface area contributed by atoms with E-state index < -0.39 is 0 Å². The van der Waals surface area contributed by atoms with Gasteiger partial charge in [-0.25, -0.2) is 0 Å². The van der Waals surface area contributed by atoms with Crippen molar-refractivity contribution in [2.75, 3.05) is 39.5 Å². The van der Waals surface area contributed by atoms with Gasteiger partial charge in [-0.15, -0.1) is 0 Å². The van der Waals surface area contributed by atoms with Crippen LogP contribution in [0.5, 0.6) is 5.75 Å². The van der Waals surface area contributed by atoms with E-state index in [9.17, 15) is 0 Å². The van der Waals surface area contributed by atoms with Crippen LogP contribution in [0, 0.1) is 0 Å². The van der Waals surface area contributed by atoms with Crippen molar-refractivity contribution < 1.29 is 9.47 Å². The molecule has 0 saturated carbocycles. The lowest BCUT2D eigenvalue weighted by Gasteiger charge is -2.30. The summed E-state index contributed by atoms with van der Waals surface area (Å²) in [5, 5.41) is 3.71. The minimum absolute atomic E-state index is 0.368. The third-order valence-electron chi connectivity index (χ3n) is 4.38. The van der Waals surface area contributed by atoms with Crippen LogP contribution in [0.1, 0.15) is 31.0 Å². The van der Waals surface area contributed by atoms with Gasteiger partial charge in [0.1, 0.15) is 5.75 Å². The van der Waals surface area contributed by atoms with E-state index in [2.05, 4.69) is 42.3 Å². The number of nitrogens with zero attached hydrogens (tertiary/aromatic N) is 1. The molecule has 2 aliphatic heterocycles. The van der Waals surface area contributed by atoms with Gasteiger partial charge in [0.15, 0.2) is 0 Å². The van der Waals surface area contributed by atoms with E-state index >= 15 is 0 Å². The second kappa shape index (κ2) is 6.77. The van der Waals surface area contributed by atoms with Gasteiger partial charge in [-0.3, -0.25) is 4.90 Å². The van der Waals surface area contributed by atoms with Crippen molar-refractivity contribution in [1.82, 2.24) is 10.2 Å². The number of morpholine rings is 1. The average Bonchev–Trinajstić information content (AvgIpc) is 2.95. The van der Waals surface area contributed by atoms with Crippen molar-refractivity contribution in [3.8, 4) is 5.75 Å². The number of rotatable bonds is 5. The van der Waals surface area contributed by atoms with E-state index in [1.165, 1.54) is 11.1 Å². The third kappa shape index (κ3) is 3.76. The summed E-state index contributed by atoms with van der Waals surface area (Å²) >= 11 is 0. The molecule has 1 aromatic carbocycles. The molecule has 1 fully saturated rings. The molecule has 116 valence electrons. The first kappa shape index (κ1) is 14.8. The molecule has 4 heteroatoms. The van der Waals surface area contributed by atoms with Gasteiger partial charge in [-0.1, -0.05) is 12.1 Å². The average molecular weight is 290 g/mol. The van der Waals surface area contributed by atoms with Crippen molar-refractivity contribution in [3.05, 3.63) is 29.3 Å². The predicted molar refractivity (Wildman–Crippen MR) is 83.9 cm³/mol. The van der Waals surface area contributed by atoms with E-state index in [4.69, 9.17) is 9.47 Å². The fourth-order valence-electron chi connectivity index (χ4n) is 3.22. The summed E-state index contributed by atoms with van der Waals surface area (Å²) in [5.74, 6) is 1.06. The van der Waals surface area contributed by atoms with Crippen LogP contribution in [-0.2, 0) is 11.2 Å². The number of fused-ring (bicyclic) bond motifs is 1. The zero-order chi connectivity index (χ0) is 14.7. The first-order chi connectivity index (χ1) is 10.2.